The van der Waals surface area contributed by atoms with Gasteiger partial charge in [0.1, 0.15) is 16.4 Å². The zero-order valence-corrected chi connectivity index (χ0v) is 14.2. The van der Waals surface area contributed by atoms with E-state index >= 15 is 0 Å². The molecule has 1 aliphatic rings. The van der Waals surface area contributed by atoms with Gasteiger partial charge in [-0.3, -0.25) is 4.79 Å². The van der Waals surface area contributed by atoms with Crippen LogP contribution in [-0.2, 0) is 4.74 Å². The highest BCUT2D eigenvalue weighted by atomic mass is 32.1. The van der Waals surface area contributed by atoms with Gasteiger partial charge in [-0.15, -0.1) is 0 Å². The van der Waals surface area contributed by atoms with Crippen LogP contribution in [0.25, 0.3) is 11.5 Å². The molecular formula is C17H16N4O3S. The van der Waals surface area contributed by atoms with Gasteiger partial charge in [-0.05, 0) is 24.3 Å². The average molecular weight is 356 g/mol. The first-order valence-corrected chi connectivity index (χ1v) is 8.67. The minimum atomic E-state index is -0.141. The van der Waals surface area contributed by atoms with Crippen LogP contribution in [0.2, 0.25) is 0 Å². The van der Waals surface area contributed by atoms with Crippen LogP contribution in [0.15, 0.2) is 41.1 Å². The molecule has 128 valence electrons. The molecule has 25 heavy (non-hydrogen) atoms. The van der Waals surface area contributed by atoms with Crippen molar-refractivity contribution in [3.8, 4) is 11.5 Å². The van der Waals surface area contributed by atoms with Crippen molar-refractivity contribution in [3.05, 3.63) is 47.2 Å². The Hall–Kier alpha value is -2.71. The number of rotatable bonds is 4. The fraction of sp³-hybridized carbons (Fsp3) is 0.235. The summed E-state index contributed by atoms with van der Waals surface area (Å²) in [7, 11) is 0. The van der Waals surface area contributed by atoms with Crippen LogP contribution >= 0.6 is 11.3 Å². The molecule has 3 aromatic heterocycles. The van der Waals surface area contributed by atoms with E-state index < -0.39 is 0 Å². The molecular weight excluding hydrogens is 340 g/mol. The van der Waals surface area contributed by atoms with Gasteiger partial charge in [-0.2, -0.15) is 0 Å². The van der Waals surface area contributed by atoms with E-state index in [0.29, 0.717) is 40.2 Å². The van der Waals surface area contributed by atoms with Crippen LogP contribution in [0.1, 0.15) is 15.2 Å². The topological polar surface area (TPSA) is 94.5 Å². The molecule has 0 aliphatic carbocycles. The summed E-state index contributed by atoms with van der Waals surface area (Å²) in [5.41, 5.74) is 6.85. The summed E-state index contributed by atoms with van der Waals surface area (Å²) in [6.07, 6.45) is 3.19. The summed E-state index contributed by atoms with van der Waals surface area (Å²) in [4.78, 5) is 24.2. The van der Waals surface area contributed by atoms with Gasteiger partial charge in [0.15, 0.2) is 10.9 Å². The molecule has 0 atom stereocenters. The number of carbonyl (C=O) groups is 1. The molecule has 0 amide bonds. The van der Waals surface area contributed by atoms with Crippen LogP contribution in [0.3, 0.4) is 0 Å². The number of ether oxygens (including phenoxy) is 1. The normalized spacial score (nSPS) is 14.6. The summed E-state index contributed by atoms with van der Waals surface area (Å²) >= 11 is 1.16. The molecule has 3 aromatic rings. The van der Waals surface area contributed by atoms with Crippen molar-refractivity contribution >= 4 is 28.1 Å². The lowest BCUT2D eigenvalue weighted by molar-refractivity contribution is 0.104. The second kappa shape index (κ2) is 6.66. The van der Waals surface area contributed by atoms with E-state index in [-0.39, 0.29) is 5.78 Å². The number of pyridine rings is 1. The molecule has 1 saturated heterocycles. The van der Waals surface area contributed by atoms with Crippen molar-refractivity contribution in [3.63, 3.8) is 0 Å². The Balaban J connectivity index is 1.68. The van der Waals surface area contributed by atoms with Crippen LogP contribution < -0.4 is 10.6 Å². The number of hydrogen-bond acceptors (Lipinski definition) is 8. The third-order valence-corrected chi connectivity index (χ3v) is 4.83. The third-order valence-electron chi connectivity index (χ3n) is 3.95. The van der Waals surface area contributed by atoms with Gasteiger partial charge in [0.05, 0.1) is 19.5 Å². The number of aromatic nitrogens is 2. The highest BCUT2D eigenvalue weighted by molar-refractivity contribution is 7.18. The van der Waals surface area contributed by atoms with Gasteiger partial charge in [-0.25, -0.2) is 9.97 Å². The summed E-state index contributed by atoms with van der Waals surface area (Å²) in [6.45, 7) is 2.84. The van der Waals surface area contributed by atoms with Crippen molar-refractivity contribution in [2.45, 2.75) is 0 Å². The predicted molar refractivity (Wildman–Crippen MR) is 94.9 cm³/mol. The maximum atomic E-state index is 13.0. The van der Waals surface area contributed by atoms with E-state index in [1.165, 1.54) is 0 Å². The molecule has 0 saturated carbocycles. The molecule has 0 bridgehead atoms. The summed E-state index contributed by atoms with van der Waals surface area (Å²) in [6, 6.07) is 7.02. The van der Waals surface area contributed by atoms with Gasteiger partial charge in [0.2, 0.25) is 5.78 Å². The zero-order chi connectivity index (χ0) is 17.2. The van der Waals surface area contributed by atoms with E-state index in [9.17, 15) is 4.79 Å². The minimum Gasteiger partial charge on any atom is -0.463 e. The molecule has 0 spiro atoms. The number of carbonyl (C=O) groups excluding carboxylic acids is 1. The number of furan rings is 1. The Bertz CT molecular complexity index is 885. The molecule has 1 fully saturated rings. The standard InChI is InChI=1S/C17H16N4O3S/c18-17-20-14(12-2-1-7-24-12)16(25-17)15(22)11-3-4-19-13(10-11)21-5-8-23-9-6-21/h1-4,7,10H,5-6,8-9H2,(H2,18,20). The molecule has 7 nitrogen and oxygen atoms in total. The van der Waals surface area contributed by atoms with Gasteiger partial charge < -0.3 is 19.8 Å². The Morgan fingerprint density at radius 3 is 2.88 bits per heavy atom. The number of nitrogens with two attached hydrogens (primary N) is 1. The van der Waals surface area contributed by atoms with Gasteiger partial charge >= 0.3 is 0 Å². The predicted octanol–water partition coefficient (Wildman–Crippen LogP) is 2.45. The summed E-state index contributed by atoms with van der Waals surface area (Å²) in [5, 5.41) is 0.331. The van der Waals surface area contributed by atoms with Gasteiger partial charge in [-0.1, -0.05) is 11.3 Å². The van der Waals surface area contributed by atoms with Gasteiger partial charge in [0, 0.05) is 24.8 Å². The highest BCUT2D eigenvalue weighted by Crippen LogP contribution is 2.32. The largest absolute Gasteiger partial charge is 0.463 e. The van der Waals surface area contributed by atoms with Crippen molar-refractivity contribution in [2.75, 3.05) is 36.9 Å². The van der Waals surface area contributed by atoms with E-state index in [0.717, 1.165) is 30.2 Å². The number of anilines is 2. The lowest BCUT2D eigenvalue weighted by Gasteiger charge is -2.27. The zero-order valence-electron chi connectivity index (χ0n) is 13.3. The van der Waals surface area contributed by atoms with Crippen molar-refractivity contribution in [1.82, 2.24) is 9.97 Å². The van der Waals surface area contributed by atoms with Gasteiger partial charge in [0.25, 0.3) is 0 Å². The first-order valence-electron chi connectivity index (χ1n) is 7.86. The Labute approximate surface area is 148 Å². The van der Waals surface area contributed by atoms with E-state index in [1.807, 2.05) is 0 Å². The molecule has 2 N–H and O–H groups in total. The Morgan fingerprint density at radius 2 is 2.12 bits per heavy atom. The monoisotopic (exact) mass is 356 g/mol. The molecule has 1 aliphatic heterocycles. The first kappa shape index (κ1) is 15.8. The maximum Gasteiger partial charge on any atom is 0.205 e. The average Bonchev–Trinajstić information content (AvgIpc) is 3.31. The van der Waals surface area contributed by atoms with E-state index in [2.05, 4.69) is 14.9 Å². The Morgan fingerprint density at radius 1 is 1.28 bits per heavy atom. The number of ketones is 1. The summed E-state index contributed by atoms with van der Waals surface area (Å²) < 4.78 is 10.7. The second-order valence-electron chi connectivity index (χ2n) is 5.54. The van der Waals surface area contributed by atoms with Crippen molar-refractivity contribution in [1.29, 1.82) is 0 Å². The molecule has 4 rings (SSSR count). The van der Waals surface area contributed by atoms with E-state index in [4.69, 9.17) is 14.9 Å². The van der Waals surface area contributed by atoms with Crippen LogP contribution in [-0.4, -0.2) is 42.1 Å². The molecule has 8 heteroatoms. The number of thiazole rings is 1. The van der Waals surface area contributed by atoms with E-state index in [1.54, 1.807) is 36.7 Å². The fourth-order valence-electron chi connectivity index (χ4n) is 2.73. The molecule has 4 heterocycles. The molecule has 0 unspecified atom stereocenters. The summed E-state index contributed by atoms with van der Waals surface area (Å²) in [5.74, 6) is 1.16. The van der Waals surface area contributed by atoms with Crippen molar-refractivity contribution < 1.29 is 13.9 Å². The SMILES string of the molecule is Nc1nc(-c2ccco2)c(C(=O)c2ccnc(N3CCOCC3)c2)s1. The lowest BCUT2D eigenvalue weighted by atomic mass is 10.1. The second-order valence-corrected chi connectivity index (χ2v) is 6.57. The quantitative estimate of drug-likeness (QED) is 0.718. The van der Waals surface area contributed by atoms with Crippen LogP contribution in [0, 0.1) is 0 Å². The Kier molecular flexibility index (Phi) is 4.21. The van der Waals surface area contributed by atoms with Crippen LogP contribution in [0.5, 0.6) is 0 Å². The smallest absolute Gasteiger partial charge is 0.205 e. The minimum absolute atomic E-state index is 0.141. The maximum absolute atomic E-state index is 13.0. The molecule has 0 radical (unpaired) electrons. The van der Waals surface area contributed by atoms with Crippen LogP contribution in [0.4, 0.5) is 10.9 Å². The number of morpholine rings is 1. The first-order chi connectivity index (χ1) is 12.2. The third kappa shape index (κ3) is 3.13. The number of nitrogen functional groups attached to an aromatic ring is 1. The fourth-order valence-corrected chi connectivity index (χ4v) is 3.53. The van der Waals surface area contributed by atoms with Crippen molar-refractivity contribution in [2.24, 2.45) is 0 Å². The highest BCUT2D eigenvalue weighted by Gasteiger charge is 2.23. The number of hydrogen-bond donors (Lipinski definition) is 1. The number of nitrogens with zero attached hydrogens (tertiary/aromatic N) is 3. The lowest BCUT2D eigenvalue weighted by Crippen LogP contribution is -2.36. The molecule has 0 aromatic carbocycles.